The molecule has 0 atom stereocenters. The Bertz CT molecular complexity index is 1370. The van der Waals surface area contributed by atoms with Crippen LogP contribution < -0.4 is 30.7 Å². The number of hydrogen-bond donors (Lipinski definition) is 4. The van der Waals surface area contributed by atoms with Gasteiger partial charge in [-0.15, -0.1) is 0 Å². The summed E-state index contributed by atoms with van der Waals surface area (Å²) in [6, 6.07) is 12.8. The van der Waals surface area contributed by atoms with Gasteiger partial charge in [0.05, 0.1) is 6.61 Å². The first-order valence-electron chi connectivity index (χ1n) is 13.7. The van der Waals surface area contributed by atoms with Crippen LogP contribution in [0.2, 0.25) is 0 Å². The first-order chi connectivity index (χ1) is 20.5. The monoisotopic (exact) mass is 602 g/mol. The van der Waals surface area contributed by atoms with Gasteiger partial charge in [-0.1, -0.05) is 12.1 Å². The Labute approximate surface area is 246 Å². The van der Waals surface area contributed by atoms with Gasteiger partial charge in [0.1, 0.15) is 5.75 Å². The van der Waals surface area contributed by atoms with Crippen molar-refractivity contribution in [3.63, 3.8) is 0 Å². The highest BCUT2D eigenvalue weighted by molar-refractivity contribution is 5.94. The van der Waals surface area contributed by atoms with Gasteiger partial charge < -0.3 is 35.6 Å². The predicted octanol–water partition coefficient (Wildman–Crippen LogP) is 4.10. The zero-order valence-corrected chi connectivity index (χ0v) is 23.7. The lowest BCUT2D eigenvalue weighted by molar-refractivity contribution is -0.154. The van der Waals surface area contributed by atoms with Crippen LogP contribution in [-0.4, -0.2) is 76.9 Å². The van der Waals surface area contributed by atoms with E-state index in [-0.39, 0.29) is 43.0 Å². The molecule has 0 saturated carbocycles. The number of aromatic nitrogens is 3. The number of halogens is 3. The van der Waals surface area contributed by atoms with Crippen LogP contribution in [0.4, 0.5) is 35.5 Å². The van der Waals surface area contributed by atoms with E-state index in [1.807, 2.05) is 26.0 Å². The summed E-state index contributed by atoms with van der Waals surface area (Å²) >= 11 is 0. The summed E-state index contributed by atoms with van der Waals surface area (Å²) in [5, 5.41) is 11.6. The van der Waals surface area contributed by atoms with Crippen LogP contribution in [0, 0.1) is 0 Å². The molecule has 0 spiro atoms. The molecule has 3 amide bonds. The van der Waals surface area contributed by atoms with E-state index in [1.54, 1.807) is 41.3 Å². The number of amides is 3. The maximum Gasteiger partial charge on any atom is 0.422 e. The zero-order valence-electron chi connectivity index (χ0n) is 23.7. The van der Waals surface area contributed by atoms with E-state index < -0.39 is 18.8 Å². The Balaban J connectivity index is 1.55. The van der Waals surface area contributed by atoms with Gasteiger partial charge in [-0.3, -0.25) is 4.79 Å². The molecule has 3 aromatic rings. The van der Waals surface area contributed by atoms with Crippen LogP contribution in [0.5, 0.6) is 11.8 Å². The first kappa shape index (κ1) is 31.1. The molecular formula is C28H33F3N8O4. The zero-order chi connectivity index (χ0) is 30.8. The highest BCUT2D eigenvalue weighted by Crippen LogP contribution is 2.21. The average molecular weight is 603 g/mol. The van der Waals surface area contributed by atoms with Crippen LogP contribution in [-0.2, 0) is 6.54 Å². The van der Waals surface area contributed by atoms with Crippen LogP contribution in [0.15, 0.2) is 48.5 Å². The molecule has 0 saturated heterocycles. The molecule has 7 rings (SSSR count). The van der Waals surface area contributed by atoms with E-state index in [0.29, 0.717) is 43.1 Å². The molecule has 12 nitrogen and oxygen atoms in total. The van der Waals surface area contributed by atoms with Crippen molar-refractivity contribution in [2.24, 2.45) is 0 Å². The molecule has 0 aliphatic carbocycles. The average Bonchev–Trinajstić information content (AvgIpc) is 2.96. The highest BCUT2D eigenvalue weighted by atomic mass is 19.4. The number of rotatable bonds is 3. The van der Waals surface area contributed by atoms with Gasteiger partial charge in [-0.2, -0.15) is 28.1 Å². The molecule has 4 aliphatic rings. The molecule has 4 aliphatic heterocycles. The highest BCUT2D eigenvalue weighted by Gasteiger charge is 2.29. The Morgan fingerprint density at radius 2 is 1.74 bits per heavy atom. The van der Waals surface area contributed by atoms with Gasteiger partial charge in [0.25, 0.3) is 5.91 Å². The number of nitrogens with one attached hydrogen (secondary N) is 4. The number of nitrogens with zero attached hydrogens (tertiary/aromatic N) is 4. The number of benzene rings is 2. The smallest absolute Gasteiger partial charge is 0.422 e. The van der Waals surface area contributed by atoms with Crippen LogP contribution in [0.3, 0.4) is 0 Å². The van der Waals surface area contributed by atoms with Crippen molar-refractivity contribution in [3.05, 3.63) is 59.7 Å². The Morgan fingerprint density at radius 1 is 1.02 bits per heavy atom. The van der Waals surface area contributed by atoms with Crippen molar-refractivity contribution < 1.29 is 32.2 Å². The minimum atomic E-state index is -4.58. The predicted molar refractivity (Wildman–Crippen MR) is 153 cm³/mol. The van der Waals surface area contributed by atoms with Crippen molar-refractivity contribution in [1.82, 2.24) is 30.5 Å². The molecule has 0 fully saturated rings. The second-order valence-corrected chi connectivity index (χ2v) is 9.92. The fraction of sp³-hybridized carbons (Fsp3) is 0.393. The molecule has 230 valence electrons. The molecule has 6 bridgehead atoms. The summed E-state index contributed by atoms with van der Waals surface area (Å²) in [5.74, 6) is 0.228. The number of alkyl halides is 3. The van der Waals surface area contributed by atoms with Crippen molar-refractivity contribution >= 4 is 29.5 Å². The van der Waals surface area contributed by atoms with Crippen molar-refractivity contribution in [2.45, 2.75) is 39.0 Å². The van der Waals surface area contributed by atoms with E-state index in [2.05, 4.69) is 36.2 Å². The molecule has 1 aromatic heterocycles. The van der Waals surface area contributed by atoms with E-state index in [9.17, 15) is 22.8 Å². The van der Waals surface area contributed by atoms with E-state index >= 15 is 0 Å². The fourth-order valence-corrected chi connectivity index (χ4v) is 3.93. The van der Waals surface area contributed by atoms with Crippen molar-refractivity contribution in [3.8, 4) is 11.8 Å². The summed E-state index contributed by atoms with van der Waals surface area (Å²) in [5.41, 5.74) is 1.68. The summed E-state index contributed by atoms with van der Waals surface area (Å²) in [4.78, 5) is 39.2. The Kier molecular flexibility index (Phi) is 10.4. The maximum atomic E-state index is 12.8. The maximum absolute atomic E-state index is 12.8. The Hall–Kier alpha value is -4.82. The number of hydrogen-bond acceptors (Lipinski definition) is 9. The lowest BCUT2D eigenvalue weighted by atomic mass is 10.2. The van der Waals surface area contributed by atoms with Gasteiger partial charge in [-0.25, -0.2) is 4.79 Å². The Morgan fingerprint density at radius 3 is 2.44 bits per heavy atom. The van der Waals surface area contributed by atoms with Gasteiger partial charge in [0.2, 0.25) is 11.9 Å². The number of carbonyl (C=O) groups is 2. The fourth-order valence-electron chi connectivity index (χ4n) is 3.93. The second kappa shape index (κ2) is 14.4. The normalized spacial score (nSPS) is 14.7. The summed E-state index contributed by atoms with van der Waals surface area (Å²) in [6.45, 7) is 3.76. The quantitative estimate of drug-likeness (QED) is 0.349. The molecule has 0 radical (unpaired) electrons. The van der Waals surface area contributed by atoms with Gasteiger partial charge in [0, 0.05) is 43.5 Å². The summed E-state index contributed by atoms with van der Waals surface area (Å²) in [7, 11) is 0. The van der Waals surface area contributed by atoms with Crippen LogP contribution in [0.1, 0.15) is 36.2 Å². The van der Waals surface area contributed by atoms with E-state index in [1.165, 1.54) is 0 Å². The summed E-state index contributed by atoms with van der Waals surface area (Å²) in [6.07, 6.45) is -4.01. The van der Waals surface area contributed by atoms with Gasteiger partial charge >= 0.3 is 18.2 Å². The third kappa shape index (κ3) is 10.2. The van der Waals surface area contributed by atoms with E-state index in [0.717, 1.165) is 5.56 Å². The second-order valence-electron chi connectivity index (χ2n) is 9.92. The van der Waals surface area contributed by atoms with E-state index in [4.69, 9.17) is 9.47 Å². The van der Waals surface area contributed by atoms with Gasteiger partial charge in [-0.05, 0) is 62.2 Å². The SMILES string of the molecule is CC(C)NC(=O)N1CCCOc2ccc(cc2)CNc2nc(nc(OCC(F)(F)F)n2)Nc2ccc(cc2)C(=O)NCC1. The molecule has 15 heteroatoms. The molecule has 43 heavy (non-hydrogen) atoms. The minimum Gasteiger partial charge on any atom is -0.494 e. The number of anilines is 3. The van der Waals surface area contributed by atoms with Crippen molar-refractivity contribution in [2.75, 3.05) is 43.5 Å². The largest absolute Gasteiger partial charge is 0.494 e. The molecule has 5 heterocycles. The number of carbonyl (C=O) groups excluding carboxylic acids is 2. The topological polar surface area (TPSA) is 143 Å². The minimum absolute atomic E-state index is 0.00421. The standard InChI is InChI=1S/C28H33F3N8O4/c1-18(2)34-27(41)39-13-3-15-42-22-10-4-19(5-11-22)16-33-24-36-25(38-26(37-24)43-17-28(29,30)31)35-21-8-6-20(7-9-21)23(40)32-12-14-39/h4-11,18H,3,12-17H2,1-2H3,(H,32,40)(H,34,41)(H2,33,35,36,37,38). The third-order valence-corrected chi connectivity index (χ3v) is 5.96. The lowest BCUT2D eigenvalue weighted by Crippen LogP contribution is -2.46. The third-order valence-electron chi connectivity index (χ3n) is 5.96. The number of ether oxygens (including phenoxy) is 2. The molecule has 4 N–H and O–H groups in total. The van der Waals surface area contributed by atoms with Gasteiger partial charge in [0.15, 0.2) is 6.61 Å². The first-order valence-corrected chi connectivity index (χ1v) is 13.7. The molecular weight excluding hydrogens is 569 g/mol. The van der Waals surface area contributed by atoms with Crippen molar-refractivity contribution in [1.29, 1.82) is 0 Å². The van der Waals surface area contributed by atoms with Crippen LogP contribution in [0.25, 0.3) is 0 Å². The molecule has 0 unspecified atom stereocenters. The molecule has 2 aromatic carbocycles. The number of urea groups is 1. The van der Waals surface area contributed by atoms with Crippen LogP contribution >= 0.6 is 0 Å². The lowest BCUT2D eigenvalue weighted by Gasteiger charge is -2.24. The summed E-state index contributed by atoms with van der Waals surface area (Å²) < 4.78 is 48.9.